The molecule has 3 rings (SSSR count). The molecular weight excluding hydrogens is 326 g/mol. The highest BCUT2D eigenvalue weighted by Crippen LogP contribution is 2.25. The summed E-state index contributed by atoms with van der Waals surface area (Å²) >= 11 is 0. The molecule has 0 spiro atoms. The van der Waals surface area contributed by atoms with Crippen molar-refractivity contribution in [1.82, 2.24) is 19.9 Å². The van der Waals surface area contributed by atoms with E-state index in [4.69, 9.17) is 10.5 Å². The number of nitrogens with two attached hydrogens (primary N) is 1. The highest BCUT2D eigenvalue weighted by atomic mass is 16.5. The highest BCUT2D eigenvalue weighted by molar-refractivity contribution is 5.87. The molecule has 0 saturated carbocycles. The SMILES string of the molecule is CCCCOc1nc(N)c2[nH]cc(Cc3ccc(CN(C)C)cc3)c2n1. The first-order valence-corrected chi connectivity index (χ1v) is 9.05. The van der Waals surface area contributed by atoms with Gasteiger partial charge in [-0.15, -0.1) is 0 Å². The second kappa shape index (κ2) is 8.19. The van der Waals surface area contributed by atoms with E-state index >= 15 is 0 Å². The van der Waals surface area contributed by atoms with Gasteiger partial charge in [0.1, 0.15) is 11.0 Å². The van der Waals surface area contributed by atoms with Crippen molar-refractivity contribution in [2.75, 3.05) is 26.4 Å². The molecular formula is C20H27N5O. The average Bonchev–Trinajstić information content (AvgIpc) is 3.00. The van der Waals surface area contributed by atoms with Gasteiger partial charge in [0.15, 0.2) is 5.82 Å². The van der Waals surface area contributed by atoms with Gasteiger partial charge in [-0.3, -0.25) is 0 Å². The van der Waals surface area contributed by atoms with Gasteiger partial charge in [0.2, 0.25) is 0 Å². The second-order valence-corrected chi connectivity index (χ2v) is 6.86. The smallest absolute Gasteiger partial charge is 0.319 e. The van der Waals surface area contributed by atoms with Gasteiger partial charge in [0, 0.05) is 24.7 Å². The topological polar surface area (TPSA) is 80.1 Å². The molecule has 6 heteroatoms. The number of unbranched alkanes of at least 4 members (excludes halogenated alkanes) is 1. The maximum Gasteiger partial charge on any atom is 0.319 e. The largest absolute Gasteiger partial charge is 0.463 e. The van der Waals surface area contributed by atoms with Gasteiger partial charge in [0.05, 0.1) is 6.61 Å². The number of hydrogen-bond acceptors (Lipinski definition) is 5. The van der Waals surface area contributed by atoms with Crippen molar-refractivity contribution in [3.63, 3.8) is 0 Å². The number of benzene rings is 1. The average molecular weight is 353 g/mol. The lowest BCUT2D eigenvalue weighted by Gasteiger charge is -2.10. The zero-order valence-corrected chi connectivity index (χ0v) is 15.7. The van der Waals surface area contributed by atoms with Crippen LogP contribution < -0.4 is 10.5 Å². The third-order valence-corrected chi connectivity index (χ3v) is 4.26. The van der Waals surface area contributed by atoms with Crippen LogP contribution in [-0.4, -0.2) is 40.6 Å². The van der Waals surface area contributed by atoms with E-state index in [0.29, 0.717) is 18.4 Å². The lowest BCUT2D eigenvalue weighted by molar-refractivity contribution is 0.287. The lowest BCUT2D eigenvalue weighted by Crippen LogP contribution is -2.10. The number of ether oxygens (including phenoxy) is 1. The predicted molar refractivity (Wildman–Crippen MR) is 105 cm³/mol. The molecule has 6 nitrogen and oxygen atoms in total. The maximum atomic E-state index is 6.07. The molecule has 0 aliphatic carbocycles. The summed E-state index contributed by atoms with van der Waals surface area (Å²) in [7, 11) is 4.15. The molecule has 2 aromatic heterocycles. The fourth-order valence-corrected chi connectivity index (χ4v) is 2.91. The highest BCUT2D eigenvalue weighted by Gasteiger charge is 2.12. The second-order valence-electron chi connectivity index (χ2n) is 6.86. The summed E-state index contributed by atoms with van der Waals surface area (Å²) in [6, 6.07) is 9.03. The number of aromatic nitrogens is 3. The first kappa shape index (κ1) is 18.2. The minimum atomic E-state index is 0.352. The van der Waals surface area contributed by atoms with Crippen molar-refractivity contribution in [2.24, 2.45) is 0 Å². The van der Waals surface area contributed by atoms with Crippen molar-refractivity contribution in [3.05, 3.63) is 47.2 Å². The van der Waals surface area contributed by atoms with Crippen molar-refractivity contribution in [2.45, 2.75) is 32.7 Å². The zero-order valence-electron chi connectivity index (χ0n) is 15.7. The van der Waals surface area contributed by atoms with E-state index in [0.717, 1.165) is 42.4 Å². The summed E-state index contributed by atoms with van der Waals surface area (Å²) in [4.78, 5) is 14.2. The molecule has 3 N–H and O–H groups in total. The third-order valence-electron chi connectivity index (χ3n) is 4.26. The van der Waals surface area contributed by atoms with Crippen LogP contribution in [0.15, 0.2) is 30.5 Å². The van der Waals surface area contributed by atoms with Crippen LogP contribution in [0.25, 0.3) is 11.0 Å². The van der Waals surface area contributed by atoms with Crippen molar-refractivity contribution < 1.29 is 4.74 Å². The van der Waals surface area contributed by atoms with E-state index in [1.807, 2.05) is 6.20 Å². The van der Waals surface area contributed by atoms with Crippen molar-refractivity contribution in [3.8, 4) is 6.01 Å². The Kier molecular flexibility index (Phi) is 5.73. The van der Waals surface area contributed by atoms with Crippen LogP contribution in [0.2, 0.25) is 0 Å². The van der Waals surface area contributed by atoms with Crippen LogP contribution in [0, 0.1) is 0 Å². The van der Waals surface area contributed by atoms with Gasteiger partial charge < -0.3 is 20.4 Å². The molecule has 0 fully saturated rings. The summed E-state index contributed by atoms with van der Waals surface area (Å²) < 4.78 is 5.64. The van der Waals surface area contributed by atoms with Crippen LogP contribution in [0.1, 0.15) is 36.5 Å². The van der Waals surface area contributed by atoms with Crippen LogP contribution in [0.3, 0.4) is 0 Å². The summed E-state index contributed by atoms with van der Waals surface area (Å²) in [5.74, 6) is 0.425. The Labute approximate surface area is 154 Å². The molecule has 0 aliphatic heterocycles. The zero-order chi connectivity index (χ0) is 18.5. The van der Waals surface area contributed by atoms with Gasteiger partial charge in [-0.1, -0.05) is 37.6 Å². The van der Waals surface area contributed by atoms with Gasteiger partial charge in [-0.05, 0) is 31.6 Å². The molecule has 0 radical (unpaired) electrons. The van der Waals surface area contributed by atoms with E-state index in [2.05, 4.69) is 65.1 Å². The Morgan fingerprint density at radius 1 is 1.12 bits per heavy atom. The first-order chi connectivity index (χ1) is 12.6. The van der Waals surface area contributed by atoms with Gasteiger partial charge in [-0.2, -0.15) is 9.97 Å². The van der Waals surface area contributed by atoms with Crippen LogP contribution >= 0.6 is 0 Å². The fourth-order valence-electron chi connectivity index (χ4n) is 2.91. The quantitative estimate of drug-likeness (QED) is 0.607. The Hall–Kier alpha value is -2.60. The molecule has 0 saturated heterocycles. The Bertz CT molecular complexity index is 855. The molecule has 0 bridgehead atoms. The summed E-state index contributed by atoms with van der Waals surface area (Å²) in [5.41, 5.74) is 11.3. The van der Waals surface area contributed by atoms with Gasteiger partial charge in [-0.25, -0.2) is 0 Å². The number of fused-ring (bicyclic) bond motifs is 1. The normalized spacial score (nSPS) is 11.4. The molecule has 138 valence electrons. The number of hydrogen-bond donors (Lipinski definition) is 2. The number of H-pyrrole nitrogens is 1. The summed E-state index contributed by atoms with van der Waals surface area (Å²) in [6.45, 7) is 3.67. The van der Waals surface area contributed by atoms with Gasteiger partial charge in [0.25, 0.3) is 0 Å². The Morgan fingerprint density at radius 3 is 2.54 bits per heavy atom. The maximum absolute atomic E-state index is 6.07. The Balaban J connectivity index is 1.81. The van der Waals surface area contributed by atoms with Crippen molar-refractivity contribution >= 4 is 16.9 Å². The van der Waals surface area contributed by atoms with Crippen LogP contribution in [-0.2, 0) is 13.0 Å². The molecule has 3 aromatic rings. The standard InChI is InChI=1S/C20H27N5O/c1-4-5-10-26-20-23-17-16(12-22-18(17)19(21)24-20)11-14-6-8-15(9-7-14)13-25(2)3/h6-9,12,22H,4-5,10-11,13H2,1-3H3,(H2,21,23,24). The molecule has 26 heavy (non-hydrogen) atoms. The Morgan fingerprint density at radius 2 is 1.85 bits per heavy atom. The fraction of sp³-hybridized carbons (Fsp3) is 0.400. The first-order valence-electron chi connectivity index (χ1n) is 9.05. The van der Waals surface area contributed by atoms with Crippen LogP contribution in [0.5, 0.6) is 6.01 Å². The minimum absolute atomic E-state index is 0.352. The monoisotopic (exact) mass is 353 g/mol. The van der Waals surface area contributed by atoms with Gasteiger partial charge >= 0.3 is 6.01 Å². The molecule has 0 aliphatic rings. The number of anilines is 1. The number of nitrogens with zero attached hydrogens (tertiary/aromatic N) is 3. The number of rotatable bonds is 8. The lowest BCUT2D eigenvalue weighted by atomic mass is 10.0. The van der Waals surface area contributed by atoms with E-state index in [9.17, 15) is 0 Å². The predicted octanol–water partition coefficient (Wildman–Crippen LogP) is 3.37. The summed E-state index contributed by atoms with van der Waals surface area (Å²) in [6.07, 6.45) is 4.78. The number of nitrogens with one attached hydrogen (secondary N) is 1. The third kappa shape index (κ3) is 4.32. The number of aromatic amines is 1. The van der Waals surface area contributed by atoms with E-state index in [1.54, 1.807) is 0 Å². The van der Waals surface area contributed by atoms with Crippen molar-refractivity contribution in [1.29, 1.82) is 0 Å². The molecule has 0 amide bonds. The summed E-state index contributed by atoms with van der Waals surface area (Å²) in [5, 5.41) is 0. The molecule has 0 atom stereocenters. The molecule has 0 unspecified atom stereocenters. The molecule has 2 heterocycles. The van der Waals surface area contributed by atoms with E-state index < -0.39 is 0 Å². The molecule has 1 aromatic carbocycles. The number of nitrogen functional groups attached to an aromatic ring is 1. The van der Waals surface area contributed by atoms with E-state index in [1.165, 1.54) is 11.1 Å². The van der Waals surface area contributed by atoms with E-state index in [-0.39, 0.29) is 0 Å². The van der Waals surface area contributed by atoms with Crippen LogP contribution in [0.4, 0.5) is 5.82 Å². The minimum Gasteiger partial charge on any atom is -0.463 e.